The highest BCUT2D eigenvalue weighted by Gasteiger charge is 2.13. The van der Waals surface area contributed by atoms with Gasteiger partial charge >= 0.3 is 5.97 Å². The Morgan fingerprint density at radius 1 is 1.40 bits per heavy atom. The minimum absolute atomic E-state index is 0.144. The molecule has 0 bridgehead atoms. The number of nitrogens with one attached hydrogen (secondary N) is 1. The Bertz CT molecular complexity index is 663. The summed E-state index contributed by atoms with van der Waals surface area (Å²) in [6, 6.07) is 4.58. The summed E-state index contributed by atoms with van der Waals surface area (Å²) in [7, 11) is 0. The number of amides is 1. The van der Waals surface area contributed by atoms with Crippen LogP contribution >= 0.6 is 0 Å². The number of carbonyl (C=O) groups excluding carboxylic acids is 1. The molecular weight excluding hydrogens is 262 g/mol. The van der Waals surface area contributed by atoms with Crippen molar-refractivity contribution in [2.45, 2.75) is 13.5 Å². The van der Waals surface area contributed by atoms with Crippen LogP contribution in [0.1, 0.15) is 32.2 Å². The van der Waals surface area contributed by atoms with E-state index in [1.165, 1.54) is 12.1 Å². The standard InChI is InChI=1S/C13H13N3O4/c1-7-4-5-15-12(10(7)11(14)17)16-6-8-2-3-9(20-8)13(18)19/h2-5H,6H2,1H3,(H2,14,17)(H,15,16)(H,18,19). The van der Waals surface area contributed by atoms with Crippen LogP contribution in [0.5, 0.6) is 0 Å². The van der Waals surface area contributed by atoms with Crippen LogP contribution in [0.25, 0.3) is 0 Å². The zero-order valence-electron chi connectivity index (χ0n) is 10.7. The van der Waals surface area contributed by atoms with Gasteiger partial charge in [-0.1, -0.05) is 0 Å². The summed E-state index contributed by atoms with van der Waals surface area (Å²) in [5.41, 5.74) is 6.32. The molecule has 4 N–H and O–H groups in total. The van der Waals surface area contributed by atoms with Gasteiger partial charge in [-0.2, -0.15) is 0 Å². The number of hydrogen-bond donors (Lipinski definition) is 3. The summed E-state index contributed by atoms with van der Waals surface area (Å²) in [6.45, 7) is 1.95. The number of aromatic nitrogens is 1. The number of rotatable bonds is 5. The minimum Gasteiger partial charge on any atom is -0.475 e. The maximum absolute atomic E-state index is 11.4. The molecule has 104 valence electrons. The molecule has 0 unspecified atom stereocenters. The topological polar surface area (TPSA) is 118 Å². The molecule has 0 aliphatic heterocycles. The second-order valence-corrected chi connectivity index (χ2v) is 4.14. The third kappa shape index (κ3) is 2.77. The number of aryl methyl sites for hydroxylation is 1. The van der Waals surface area contributed by atoms with Crippen LogP contribution < -0.4 is 11.1 Å². The van der Waals surface area contributed by atoms with Crippen LogP contribution in [0.4, 0.5) is 5.82 Å². The van der Waals surface area contributed by atoms with Gasteiger partial charge in [-0.05, 0) is 30.7 Å². The Balaban J connectivity index is 2.16. The van der Waals surface area contributed by atoms with Gasteiger partial charge in [-0.25, -0.2) is 9.78 Å². The number of hydrogen-bond acceptors (Lipinski definition) is 5. The average Bonchev–Trinajstić information content (AvgIpc) is 2.84. The minimum atomic E-state index is -1.14. The molecule has 0 aliphatic carbocycles. The second-order valence-electron chi connectivity index (χ2n) is 4.14. The second kappa shape index (κ2) is 5.43. The fraction of sp³-hybridized carbons (Fsp3) is 0.154. The lowest BCUT2D eigenvalue weighted by Crippen LogP contribution is -2.17. The molecule has 2 heterocycles. The number of carboxylic acid groups (broad SMARTS) is 1. The third-order valence-electron chi connectivity index (χ3n) is 2.71. The van der Waals surface area contributed by atoms with E-state index < -0.39 is 11.9 Å². The third-order valence-corrected chi connectivity index (χ3v) is 2.71. The first-order valence-electron chi connectivity index (χ1n) is 5.80. The number of nitrogens with two attached hydrogens (primary N) is 1. The lowest BCUT2D eigenvalue weighted by atomic mass is 10.1. The monoisotopic (exact) mass is 275 g/mol. The van der Waals surface area contributed by atoms with Crippen LogP contribution in [0.3, 0.4) is 0 Å². The van der Waals surface area contributed by atoms with Crippen molar-refractivity contribution in [2.24, 2.45) is 5.73 Å². The fourth-order valence-electron chi connectivity index (χ4n) is 1.76. The average molecular weight is 275 g/mol. The predicted octanol–water partition coefficient (Wildman–Crippen LogP) is 1.39. The Morgan fingerprint density at radius 2 is 2.15 bits per heavy atom. The van der Waals surface area contributed by atoms with E-state index in [1.807, 2.05) is 0 Å². The quantitative estimate of drug-likeness (QED) is 0.758. The molecule has 0 aromatic carbocycles. The van der Waals surface area contributed by atoms with Crippen molar-refractivity contribution in [3.8, 4) is 0 Å². The fourth-order valence-corrected chi connectivity index (χ4v) is 1.76. The summed E-state index contributed by atoms with van der Waals surface area (Å²) in [4.78, 5) is 26.1. The molecule has 0 saturated heterocycles. The van der Waals surface area contributed by atoms with E-state index in [1.54, 1.807) is 19.2 Å². The molecule has 0 fully saturated rings. The summed E-state index contributed by atoms with van der Waals surface area (Å²) < 4.78 is 5.09. The summed E-state index contributed by atoms with van der Waals surface area (Å²) in [5.74, 6) is -1.10. The first-order valence-corrected chi connectivity index (χ1v) is 5.80. The number of carboxylic acids is 1. The molecule has 0 saturated carbocycles. The first kappa shape index (κ1) is 13.6. The van der Waals surface area contributed by atoms with Crippen LogP contribution in [0, 0.1) is 6.92 Å². The highest BCUT2D eigenvalue weighted by molar-refractivity contribution is 5.98. The molecular formula is C13H13N3O4. The van der Waals surface area contributed by atoms with Crippen LogP contribution in [0.2, 0.25) is 0 Å². The van der Waals surface area contributed by atoms with Gasteiger partial charge in [0.25, 0.3) is 5.91 Å². The number of carbonyl (C=O) groups is 2. The Hall–Kier alpha value is -2.83. The lowest BCUT2D eigenvalue weighted by molar-refractivity contribution is 0.0660. The van der Waals surface area contributed by atoms with Crippen molar-refractivity contribution in [3.05, 3.63) is 47.0 Å². The molecule has 7 heteroatoms. The zero-order chi connectivity index (χ0) is 14.7. The van der Waals surface area contributed by atoms with E-state index in [-0.39, 0.29) is 12.3 Å². The number of nitrogens with zero attached hydrogens (tertiary/aromatic N) is 1. The Labute approximate surface area is 114 Å². The highest BCUT2D eigenvalue weighted by atomic mass is 16.4. The van der Waals surface area contributed by atoms with E-state index in [2.05, 4.69) is 10.3 Å². The van der Waals surface area contributed by atoms with Gasteiger partial charge in [0.2, 0.25) is 5.76 Å². The van der Waals surface area contributed by atoms with Crippen molar-refractivity contribution < 1.29 is 19.1 Å². The number of pyridine rings is 1. The van der Waals surface area contributed by atoms with Crippen molar-refractivity contribution in [2.75, 3.05) is 5.32 Å². The van der Waals surface area contributed by atoms with Gasteiger partial charge in [0.1, 0.15) is 11.6 Å². The molecule has 2 rings (SSSR count). The Morgan fingerprint density at radius 3 is 2.75 bits per heavy atom. The van der Waals surface area contributed by atoms with Crippen molar-refractivity contribution in [1.29, 1.82) is 0 Å². The smallest absolute Gasteiger partial charge is 0.371 e. The number of furan rings is 1. The van der Waals surface area contributed by atoms with Crippen LogP contribution in [0.15, 0.2) is 28.8 Å². The van der Waals surface area contributed by atoms with E-state index >= 15 is 0 Å². The van der Waals surface area contributed by atoms with Crippen molar-refractivity contribution >= 4 is 17.7 Å². The maximum atomic E-state index is 11.4. The summed E-state index contributed by atoms with van der Waals surface area (Å²) >= 11 is 0. The highest BCUT2D eigenvalue weighted by Crippen LogP contribution is 2.17. The number of primary amides is 1. The normalized spacial score (nSPS) is 10.2. The summed E-state index contributed by atoms with van der Waals surface area (Å²) in [5, 5.41) is 11.7. The van der Waals surface area contributed by atoms with Crippen LogP contribution in [-0.2, 0) is 6.54 Å². The predicted molar refractivity (Wildman–Crippen MR) is 70.5 cm³/mol. The van der Waals surface area contributed by atoms with Gasteiger partial charge in [0.15, 0.2) is 0 Å². The molecule has 0 radical (unpaired) electrons. The van der Waals surface area contributed by atoms with Gasteiger partial charge in [-0.3, -0.25) is 4.79 Å². The number of aromatic carboxylic acids is 1. The molecule has 0 aliphatic rings. The molecule has 0 atom stereocenters. The van der Waals surface area contributed by atoms with Crippen LogP contribution in [-0.4, -0.2) is 22.0 Å². The molecule has 0 spiro atoms. The van der Waals surface area contributed by atoms with Gasteiger partial charge < -0.3 is 20.6 Å². The molecule has 2 aromatic rings. The Kier molecular flexibility index (Phi) is 3.69. The van der Waals surface area contributed by atoms with E-state index in [0.29, 0.717) is 22.7 Å². The molecule has 7 nitrogen and oxygen atoms in total. The first-order chi connectivity index (χ1) is 9.49. The SMILES string of the molecule is Cc1ccnc(NCc2ccc(C(=O)O)o2)c1C(N)=O. The summed E-state index contributed by atoms with van der Waals surface area (Å²) in [6.07, 6.45) is 1.55. The van der Waals surface area contributed by atoms with E-state index in [4.69, 9.17) is 15.3 Å². The van der Waals surface area contributed by atoms with Gasteiger partial charge in [-0.15, -0.1) is 0 Å². The van der Waals surface area contributed by atoms with Crippen molar-refractivity contribution in [3.63, 3.8) is 0 Å². The zero-order valence-corrected chi connectivity index (χ0v) is 10.7. The largest absolute Gasteiger partial charge is 0.475 e. The van der Waals surface area contributed by atoms with Gasteiger partial charge in [0.05, 0.1) is 12.1 Å². The number of anilines is 1. The van der Waals surface area contributed by atoms with Crippen molar-refractivity contribution in [1.82, 2.24) is 4.98 Å². The molecule has 1 amide bonds. The molecule has 2 aromatic heterocycles. The molecule has 20 heavy (non-hydrogen) atoms. The van der Waals surface area contributed by atoms with E-state index in [9.17, 15) is 9.59 Å². The lowest BCUT2D eigenvalue weighted by Gasteiger charge is -2.09. The maximum Gasteiger partial charge on any atom is 0.371 e. The van der Waals surface area contributed by atoms with E-state index in [0.717, 1.165) is 0 Å². The van der Waals surface area contributed by atoms with Gasteiger partial charge in [0, 0.05) is 6.20 Å².